The van der Waals surface area contributed by atoms with Crippen molar-refractivity contribution >= 4 is 34.0 Å². The van der Waals surface area contributed by atoms with Crippen molar-refractivity contribution in [3.05, 3.63) is 17.0 Å². The van der Waals surface area contributed by atoms with Crippen LogP contribution in [0.15, 0.2) is 16.6 Å². The molecule has 3 N–H and O–H groups in total. The highest BCUT2D eigenvalue weighted by Crippen LogP contribution is 2.22. The number of thiophene rings is 1. The molecule has 2 aromatic heterocycles. The van der Waals surface area contributed by atoms with E-state index in [1.807, 2.05) is 6.07 Å². The summed E-state index contributed by atoms with van der Waals surface area (Å²) in [6, 6.07) is 3.71. The Morgan fingerprint density at radius 2 is 2.48 bits per heavy atom. The lowest BCUT2D eigenvalue weighted by Crippen LogP contribution is -2.13. The van der Waals surface area contributed by atoms with E-state index in [1.165, 1.54) is 23.1 Å². The number of nitrogens with one attached hydrogen (secondary N) is 1. The molecule has 1 amide bonds. The Hall–Kier alpha value is -1.96. The van der Waals surface area contributed by atoms with Crippen LogP contribution in [-0.4, -0.2) is 38.4 Å². The SMILES string of the molecule is N#Cc1ccsc1NC(=O)CCSc1nnnn1CCN. The number of aromatic nitrogens is 4. The monoisotopic (exact) mass is 323 g/mol. The third-order valence-corrected chi connectivity index (χ3v) is 4.23. The Bertz CT molecular complexity index is 645. The second-order valence-corrected chi connectivity index (χ2v) is 5.87. The third kappa shape index (κ3) is 4.25. The molecule has 0 saturated carbocycles. The highest BCUT2D eigenvalue weighted by atomic mass is 32.2. The molecule has 10 heteroatoms. The van der Waals surface area contributed by atoms with Crippen molar-refractivity contribution in [2.45, 2.75) is 18.1 Å². The molecule has 0 radical (unpaired) electrons. The topological polar surface area (TPSA) is 123 Å². The number of thioether (sulfide) groups is 1. The van der Waals surface area contributed by atoms with E-state index in [0.29, 0.717) is 41.0 Å². The number of nitrogens with two attached hydrogens (primary N) is 1. The number of carbonyl (C=O) groups is 1. The highest BCUT2D eigenvalue weighted by Gasteiger charge is 2.10. The second-order valence-electron chi connectivity index (χ2n) is 3.90. The van der Waals surface area contributed by atoms with Crippen LogP contribution in [-0.2, 0) is 11.3 Å². The minimum absolute atomic E-state index is 0.140. The summed E-state index contributed by atoms with van der Waals surface area (Å²) in [7, 11) is 0. The summed E-state index contributed by atoms with van der Waals surface area (Å²) in [6.45, 7) is 0.997. The molecule has 0 spiro atoms. The predicted molar refractivity (Wildman–Crippen MR) is 79.9 cm³/mol. The van der Waals surface area contributed by atoms with Gasteiger partial charge in [-0.1, -0.05) is 11.8 Å². The molecule has 0 atom stereocenters. The maximum atomic E-state index is 11.8. The van der Waals surface area contributed by atoms with Gasteiger partial charge in [0.2, 0.25) is 11.1 Å². The first-order valence-corrected chi connectivity index (χ1v) is 7.97. The van der Waals surface area contributed by atoms with Crippen molar-refractivity contribution < 1.29 is 4.79 Å². The fraction of sp³-hybridized carbons (Fsp3) is 0.364. The lowest BCUT2D eigenvalue weighted by Gasteiger charge is -2.04. The minimum atomic E-state index is -0.140. The van der Waals surface area contributed by atoms with Crippen molar-refractivity contribution in [2.75, 3.05) is 17.6 Å². The zero-order chi connectivity index (χ0) is 15.1. The number of carbonyl (C=O) groups excluding carboxylic acids is 1. The number of rotatable bonds is 7. The third-order valence-electron chi connectivity index (χ3n) is 2.44. The molecular formula is C11H13N7OS2. The van der Waals surface area contributed by atoms with Gasteiger partial charge in [0.15, 0.2) is 0 Å². The number of nitriles is 1. The Morgan fingerprint density at radius 1 is 1.62 bits per heavy atom. The van der Waals surface area contributed by atoms with Gasteiger partial charge in [-0.05, 0) is 21.9 Å². The first-order chi connectivity index (χ1) is 10.2. The molecule has 0 saturated heterocycles. The molecular weight excluding hydrogens is 310 g/mol. The molecule has 0 bridgehead atoms. The highest BCUT2D eigenvalue weighted by molar-refractivity contribution is 7.99. The molecule has 0 aromatic carbocycles. The zero-order valence-electron chi connectivity index (χ0n) is 11.0. The van der Waals surface area contributed by atoms with Crippen molar-refractivity contribution in [1.29, 1.82) is 5.26 Å². The number of anilines is 1. The van der Waals surface area contributed by atoms with Crippen LogP contribution in [0.25, 0.3) is 0 Å². The van der Waals surface area contributed by atoms with E-state index in [9.17, 15) is 4.79 Å². The summed E-state index contributed by atoms with van der Waals surface area (Å²) in [4.78, 5) is 11.8. The van der Waals surface area contributed by atoms with Crippen molar-refractivity contribution in [1.82, 2.24) is 20.2 Å². The van der Waals surface area contributed by atoms with Gasteiger partial charge in [0.25, 0.3) is 0 Å². The lowest BCUT2D eigenvalue weighted by molar-refractivity contribution is -0.115. The average molecular weight is 323 g/mol. The van der Waals surface area contributed by atoms with Gasteiger partial charge in [0.1, 0.15) is 11.1 Å². The first-order valence-electron chi connectivity index (χ1n) is 6.11. The van der Waals surface area contributed by atoms with E-state index in [-0.39, 0.29) is 5.91 Å². The van der Waals surface area contributed by atoms with E-state index >= 15 is 0 Å². The van der Waals surface area contributed by atoms with E-state index in [0.717, 1.165) is 0 Å². The van der Waals surface area contributed by atoms with E-state index in [4.69, 9.17) is 11.0 Å². The van der Waals surface area contributed by atoms with Gasteiger partial charge in [0, 0.05) is 18.7 Å². The van der Waals surface area contributed by atoms with Crippen LogP contribution in [0.3, 0.4) is 0 Å². The molecule has 0 unspecified atom stereocenters. The molecule has 2 aromatic rings. The van der Waals surface area contributed by atoms with Crippen LogP contribution in [0.1, 0.15) is 12.0 Å². The van der Waals surface area contributed by atoms with Crippen molar-refractivity contribution in [3.63, 3.8) is 0 Å². The first kappa shape index (κ1) is 15.4. The number of hydrogen-bond donors (Lipinski definition) is 2. The van der Waals surface area contributed by atoms with Crippen molar-refractivity contribution in [2.24, 2.45) is 5.73 Å². The summed E-state index contributed by atoms with van der Waals surface area (Å²) < 4.78 is 1.61. The fourth-order valence-corrected chi connectivity index (χ4v) is 3.08. The summed E-state index contributed by atoms with van der Waals surface area (Å²) in [6.07, 6.45) is 0.308. The van der Waals surface area contributed by atoms with Gasteiger partial charge >= 0.3 is 0 Å². The zero-order valence-corrected chi connectivity index (χ0v) is 12.7. The molecule has 2 rings (SSSR count). The lowest BCUT2D eigenvalue weighted by atomic mass is 10.3. The van der Waals surface area contributed by atoms with Gasteiger partial charge in [-0.2, -0.15) is 5.26 Å². The molecule has 0 aliphatic rings. The van der Waals surface area contributed by atoms with Gasteiger partial charge in [-0.25, -0.2) is 4.68 Å². The molecule has 2 heterocycles. The van der Waals surface area contributed by atoms with E-state index < -0.39 is 0 Å². The number of amides is 1. The normalized spacial score (nSPS) is 10.3. The summed E-state index contributed by atoms with van der Waals surface area (Å²) in [5, 5.41) is 25.8. The van der Waals surface area contributed by atoms with Crippen molar-refractivity contribution in [3.8, 4) is 6.07 Å². The fourth-order valence-electron chi connectivity index (χ4n) is 1.48. The molecule has 21 heavy (non-hydrogen) atoms. The Balaban J connectivity index is 1.79. The standard InChI is InChI=1S/C11H13N7OS2/c12-3-4-18-11(15-16-17-18)21-6-2-9(19)14-10-8(7-13)1-5-20-10/h1,5H,2-4,6,12H2,(H,14,19). The molecule has 0 aliphatic carbocycles. The van der Waals surface area contributed by atoms with Gasteiger partial charge in [0.05, 0.1) is 12.1 Å². The van der Waals surface area contributed by atoms with Crippen LogP contribution in [0.4, 0.5) is 5.00 Å². The number of nitrogens with zero attached hydrogens (tertiary/aromatic N) is 5. The average Bonchev–Trinajstić information content (AvgIpc) is 3.09. The Kier molecular flexibility index (Phi) is 5.68. The maximum absolute atomic E-state index is 11.8. The van der Waals surface area contributed by atoms with Crippen LogP contribution >= 0.6 is 23.1 Å². The van der Waals surface area contributed by atoms with Crippen LogP contribution < -0.4 is 11.1 Å². The number of hydrogen-bond acceptors (Lipinski definition) is 8. The molecule has 8 nitrogen and oxygen atoms in total. The maximum Gasteiger partial charge on any atom is 0.225 e. The van der Waals surface area contributed by atoms with Crippen LogP contribution in [0, 0.1) is 11.3 Å². The molecule has 0 fully saturated rings. The van der Waals surface area contributed by atoms with Crippen LogP contribution in [0.2, 0.25) is 0 Å². The largest absolute Gasteiger partial charge is 0.329 e. The quantitative estimate of drug-likeness (QED) is 0.718. The summed E-state index contributed by atoms with van der Waals surface area (Å²) in [5.41, 5.74) is 5.93. The number of tetrazole rings is 1. The predicted octanol–water partition coefficient (Wildman–Crippen LogP) is 0.686. The van der Waals surface area contributed by atoms with Gasteiger partial charge in [-0.3, -0.25) is 4.79 Å². The van der Waals surface area contributed by atoms with E-state index in [1.54, 1.807) is 16.1 Å². The van der Waals surface area contributed by atoms with E-state index in [2.05, 4.69) is 20.8 Å². The summed E-state index contributed by atoms with van der Waals surface area (Å²) in [5.74, 6) is 0.406. The van der Waals surface area contributed by atoms with Crippen LogP contribution in [0.5, 0.6) is 0 Å². The molecule has 0 aliphatic heterocycles. The summed E-state index contributed by atoms with van der Waals surface area (Å²) >= 11 is 2.72. The van der Waals surface area contributed by atoms with Gasteiger partial charge < -0.3 is 11.1 Å². The second kappa shape index (κ2) is 7.72. The minimum Gasteiger partial charge on any atom is -0.329 e. The Labute approximate surface area is 129 Å². The smallest absolute Gasteiger partial charge is 0.225 e. The van der Waals surface area contributed by atoms with Gasteiger partial charge in [-0.15, -0.1) is 16.4 Å². The Morgan fingerprint density at radius 3 is 3.24 bits per heavy atom. The molecule has 110 valence electrons.